The maximum absolute atomic E-state index is 12.2. The molecule has 5 nitrogen and oxygen atoms in total. The zero-order valence-electron chi connectivity index (χ0n) is 9.64. The fourth-order valence-electron chi connectivity index (χ4n) is 1.89. The molecule has 2 atom stereocenters. The third-order valence-electron chi connectivity index (χ3n) is 3.39. The van der Waals surface area contributed by atoms with Gasteiger partial charge in [0.2, 0.25) is 0 Å². The number of hydrogen-bond donors (Lipinski definition) is 1. The molecule has 0 bridgehead atoms. The molecule has 0 spiro atoms. The number of ketones is 1. The highest BCUT2D eigenvalue weighted by Gasteiger charge is 2.43. The molecule has 2 N–H and O–H groups in total. The Morgan fingerprint density at radius 1 is 1.81 bits per heavy atom. The van der Waals surface area contributed by atoms with E-state index in [1.165, 1.54) is 0 Å². The van der Waals surface area contributed by atoms with Crippen LogP contribution in [0.4, 0.5) is 0 Å². The quantitative estimate of drug-likeness (QED) is 0.776. The Kier molecular flexibility index (Phi) is 2.82. The monoisotopic (exact) mass is 223 g/mol. The van der Waals surface area contributed by atoms with Crippen LogP contribution in [0.2, 0.25) is 0 Å². The van der Waals surface area contributed by atoms with E-state index in [2.05, 4.69) is 4.98 Å². The highest BCUT2D eigenvalue weighted by molar-refractivity contribution is 5.87. The van der Waals surface area contributed by atoms with Gasteiger partial charge in [-0.25, -0.2) is 4.98 Å². The summed E-state index contributed by atoms with van der Waals surface area (Å²) in [6, 6.07) is -0.208. The number of nitrogens with zero attached hydrogens (tertiary/aromatic N) is 2. The summed E-state index contributed by atoms with van der Waals surface area (Å²) in [5, 5.41) is 0. The Morgan fingerprint density at radius 2 is 2.56 bits per heavy atom. The second-order valence-corrected chi connectivity index (χ2v) is 4.59. The van der Waals surface area contributed by atoms with Crippen LogP contribution in [-0.4, -0.2) is 34.6 Å². The number of imidazole rings is 1. The molecule has 1 saturated heterocycles. The zero-order chi connectivity index (χ0) is 11.8. The molecule has 2 unspecified atom stereocenters. The minimum absolute atomic E-state index is 0.104. The first-order valence-corrected chi connectivity index (χ1v) is 5.37. The smallest absolute Gasteiger partial charge is 0.150 e. The van der Waals surface area contributed by atoms with E-state index >= 15 is 0 Å². The molecule has 1 aromatic heterocycles. The number of ether oxygens (including phenoxy) is 1. The summed E-state index contributed by atoms with van der Waals surface area (Å²) in [6.45, 7) is 2.75. The van der Waals surface area contributed by atoms with Gasteiger partial charge in [-0.2, -0.15) is 0 Å². The van der Waals surface area contributed by atoms with Gasteiger partial charge in [-0.15, -0.1) is 0 Å². The van der Waals surface area contributed by atoms with E-state index in [9.17, 15) is 4.79 Å². The summed E-state index contributed by atoms with van der Waals surface area (Å²) in [7, 11) is 1.88. The molecule has 0 amide bonds. The molecule has 2 heterocycles. The predicted molar refractivity (Wildman–Crippen MR) is 58.8 cm³/mol. The second kappa shape index (κ2) is 3.99. The van der Waals surface area contributed by atoms with Gasteiger partial charge in [0.25, 0.3) is 0 Å². The van der Waals surface area contributed by atoms with Gasteiger partial charge in [0.1, 0.15) is 11.6 Å². The molecule has 1 fully saturated rings. The third kappa shape index (κ3) is 1.76. The first kappa shape index (κ1) is 11.3. The average Bonchev–Trinajstić information content (AvgIpc) is 2.77. The summed E-state index contributed by atoms with van der Waals surface area (Å²) in [5.74, 6) is 0.872. The summed E-state index contributed by atoms with van der Waals surface area (Å²) in [4.78, 5) is 16.3. The number of nitrogens with two attached hydrogens (primary N) is 1. The van der Waals surface area contributed by atoms with Gasteiger partial charge in [-0.05, 0) is 6.92 Å². The standard InChI is InChI=1S/C11H17N3O2/c1-11(7-16-6-8(11)12)9(15)5-10-13-3-4-14(10)2/h3-4,8H,5-7,12H2,1-2H3. The molecule has 0 aliphatic carbocycles. The molecular weight excluding hydrogens is 206 g/mol. The van der Waals surface area contributed by atoms with Crippen molar-refractivity contribution in [3.05, 3.63) is 18.2 Å². The van der Waals surface area contributed by atoms with Crippen molar-refractivity contribution >= 4 is 5.78 Å². The van der Waals surface area contributed by atoms with Crippen molar-refractivity contribution in [1.29, 1.82) is 0 Å². The summed E-state index contributed by atoms with van der Waals surface area (Å²) < 4.78 is 7.12. The van der Waals surface area contributed by atoms with Crippen LogP contribution >= 0.6 is 0 Å². The van der Waals surface area contributed by atoms with Crippen molar-refractivity contribution in [2.45, 2.75) is 19.4 Å². The lowest BCUT2D eigenvalue weighted by Crippen LogP contribution is -2.45. The lowest BCUT2D eigenvalue weighted by atomic mass is 9.80. The van der Waals surface area contributed by atoms with Crippen molar-refractivity contribution in [3.8, 4) is 0 Å². The normalized spacial score (nSPS) is 29.6. The third-order valence-corrected chi connectivity index (χ3v) is 3.39. The minimum atomic E-state index is -0.564. The van der Waals surface area contributed by atoms with Crippen LogP contribution < -0.4 is 5.73 Å². The molecule has 1 aliphatic heterocycles. The van der Waals surface area contributed by atoms with Gasteiger partial charge in [-0.3, -0.25) is 4.79 Å². The van der Waals surface area contributed by atoms with Crippen LogP contribution in [0.25, 0.3) is 0 Å². The Hall–Kier alpha value is -1.20. The molecule has 88 valence electrons. The molecular formula is C11H17N3O2. The molecule has 5 heteroatoms. The number of aromatic nitrogens is 2. The first-order chi connectivity index (χ1) is 7.54. The molecule has 16 heavy (non-hydrogen) atoms. The maximum Gasteiger partial charge on any atom is 0.150 e. The zero-order valence-corrected chi connectivity index (χ0v) is 9.64. The maximum atomic E-state index is 12.2. The predicted octanol–water partition coefficient (Wildman–Crippen LogP) is -0.104. The van der Waals surface area contributed by atoms with Crippen molar-refractivity contribution < 1.29 is 9.53 Å². The van der Waals surface area contributed by atoms with E-state index in [1.54, 1.807) is 6.20 Å². The van der Waals surface area contributed by atoms with Crippen molar-refractivity contribution in [1.82, 2.24) is 9.55 Å². The first-order valence-electron chi connectivity index (χ1n) is 5.37. The number of Topliss-reactive ketones (excluding diaryl/α,β-unsaturated/α-hetero) is 1. The summed E-state index contributed by atoms with van der Waals surface area (Å²) in [5.41, 5.74) is 5.34. The van der Waals surface area contributed by atoms with Crippen LogP contribution in [0.5, 0.6) is 0 Å². The number of rotatable bonds is 3. The average molecular weight is 223 g/mol. The van der Waals surface area contributed by atoms with E-state index in [0.717, 1.165) is 5.82 Å². The Morgan fingerprint density at radius 3 is 3.06 bits per heavy atom. The van der Waals surface area contributed by atoms with Crippen molar-refractivity contribution in [2.24, 2.45) is 18.2 Å². The largest absolute Gasteiger partial charge is 0.379 e. The lowest BCUT2D eigenvalue weighted by molar-refractivity contribution is -0.127. The summed E-state index contributed by atoms with van der Waals surface area (Å²) in [6.07, 6.45) is 3.84. The Balaban J connectivity index is 2.11. The van der Waals surface area contributed by atoms with Crippen LogP contribution in [0.15, 0.2) is 12.4 Å². The highest BCUT2D eigenvalue weighted by atomic mass is 16.5. The van der Waals surface area contributed by atoms with Crippen molar-refractivity contribution in [3.63, 3.8) is 0 Å². The van der Waals surface area contributed by atoms with Gasteiger partial charge in [0, 0.05) is 25.5 Å². The highest BCUT2D eigenvalue weighted by Crippen LogP contribution is 2.29. The van der Waals surface area contributed by atoms with Crippen LogP contribution in [-0.2, 0) is 23.0 Å². The van der Waals surface area contributed by atoms with Gasteiger partial charge in [0.05, 0.1) is 25.0 Å². The van der Waals surface area contributed by atoms with E-state index in [1.807, 2.05) is 24.7 Å². The number of hydrogen-bond acceptors (Lipinski definition) is 4. The summed E-state index contributed by atoms with van der Waals surface area (Å²) >= 11 is 0. The topological polar surface area (TPSA) is 70.1 Å². The minimum Gasteiger partial charge on any atom is -0.379 e. The molecule has 1 aromatic rings. The molecule has 0 saturated carbocycles. The van der Waals surface area contributed by atoms with E-state index in [-0.39, 0.29) is 11.8 Å². The second-order valence-electron chi connectivity index (χ2n) is 4.59. The van der Waals surface area contributed by atoms with Gasteiger partial charge >= 0.3 is 0 Å². The SMILES string of the molecule is Cn1ccnc1CC(=O)C1(C)COCC1N. The van der Waals surface area contributed by atoms with E-state index in [0.29, 0.717) is 19.6 Å². The van der Waals surface area contributed by atoms with Gasteiger partial charge < -0.3 is 15.0 Å². The van der Waals surface area contributed by atoms with Crippen LogP contribution in [0.1, 0.15) is 12.7 Å². The van der Waals surface area contributed by atoms with E-state index in [4.69, 9.17) is 10.5 Å². The molecule has 0 aromatic carbocycles. The van der Waals surface area contributed by atoms with Crippen LogP contribution in [0.3, 0.4) is 0 Å². The molecule has 1 aliphatic rings. The Labute approximate surface area is 94.6 Å². The van der Waals surface area contributed by atoms with E-state index < -0.39 is 5.41 Å². The van der Waals surface area contributed by atoms with Crippen LogP contribution in [0, 0.1) is 5.41 Å². The van der Waals surface area contributed by atoms with Crippen molar-refractivity contribution in [2.75, 3.05) is 13.2 Å². The lowest BCUT2D eigenvalue weighted by Gasteiger charge is -2.24. The Bertz CT molecular complexity index is 402. The van der Waals surface area contributed by atoms with Gasteiger partial charge in [0.15, 0.2) is 0 Å². The fraction of sp³-hybridized carbons (Fsp3) is 0.636. The van der Waals surface area contributed by atoms with Gasteiger partial charge in [-0.1, -0.05) is 0 Å². The number of carbonyl (C=O) groups excluding carboxylic acids is 1. The molecule has 0 radical (unpaired) electrons. The fourth-order valence-corrected chi connectivity index (χ4v) is 1.89. The number of carbonyl (C=O) groups is 1. The molecule has 2 rings (SSSR count). The number of aryl methyl sites for hydroxylation is 1.